The Morgan fingerprint density at radius 2 is 1.96 bits per heavy atom. The number of amides is 2. The van der Waals surface area contributed by atoms with Crippen molar-refractivity contribution in [3.63, 3.8) is 0 Å². The lowest BCUT2D eigenvalue weighted by Gasteiger charge is -2.46. The summed E-state index contributed by atoms with van der Waals surface area (Å²) in [5, 5.41) is 13.0. The Hall–Kier alpha value is -1.95. The van der Waals surface area contributed by atoms with Crippen molar-refractivity contribution in [2.75, 3.05) is 18.0 Å². The smallest absolute Gasteiger partial charge is 0.407 e. The van der Waals surface area contributed by atoms with Crippen LogP contribution in [0.15, 0.2) is 24.3 Å². The van der Waals surface area contributed by atoms with Gasteiger partial charge in [0.15, 0.2) is 0 Å². The zero-order valence-corrected chi connectivity index (χ0v) is 15.5. The van der Waals surface area contributed by atoms with Crippen LogP contribution in [0.5, 0.6) is 0 Å². The van der Waals surface area contributed by atoms with Crippen LogP contribution in [0.25, 0.3) is 0 Å². The summed E-state index contributed by atoms with van der Waals surface area (Å²) in [6, 6.07) is 7.50. The maximum Gasteiger partial charge on any atom is 0.407 e. The molecule has 1 atom stereocenters. The number of anilines is 1. The summed E-state index contributed by atoms with van der Waals surface area (Å²) in [4.78, 5) is 27.8. The van der Waals surface area contributed by atoms with Gasteiger partial charge in [0, 0.05) is 29.2 Å². The molecular weight excluding hydrogens is 342 g/mol. The van der Waals surface area contributed by atoms with E-state index >= 15 is 0 Å². The Bertz CT molecular complexity index is 693. The van der Waals surface area contributed by atoms with Crippen LogP contribution in [0.4, 0.5) is 10.5 Å². The molecule has 136 valence electrons. The molecular formula is C18H24ClN3O3. The van der Waals surface area contributed by atoms with Crippen LogP contribution in [0.3, 0.4) is 0 Å². The first-order chi connectivity index (χ1) is 11.6. The van der Waals surface area contributed by atoms with Crippen molar-refractivity contribution in [3.8, 4) is 0 Å². The van der Waals surface area contributed by atoms with E-state index in [0.717, 1.165) is 5.69 Å². The predicted octanol–water partition coefficient (Wildman–Crippen LogP) is 3.16. The normalized spacial score (nSPS) is 23.0. The number of benzene rings is 1. The van der Waals surface area contributed by atoms with Gasteiger partial charge >= 0.3 is 6.09 Å². The second-order valence-corrected chi connectivity index (χ2v) is 8.33. The minimum atomic E-state index is -0.935. The number of carbonyl (C=O) groups is 2. The highest BCUT2D eigenvalue weighted by Gasteiger charge is 2.57. The number of hydrogen-bond donors (Lipinski definition) is 2. The van der Waals surface area contributed by atoms with E-state index in [1.807, 2.05) is 24.3 Å². The van der Waals surface area contributed by atoms with Crippen LogP contribution in [0.1, 0.15) is 33.6 Å². The van der Waals surface area contributed by atoms with Gasteiger partial charge in [-0.05, 0) is 31.0 Å². The molecule has 0 radical (unpaired) electrons. The second-order valence-electron chi connectivity index (χ2n) is 7.89. The van der Waals surface area contributed by atoms with E-state index in [1.165, 1.54) is 4.90 Å². The molecule has 0 bridgehead atoms. The first-order valence-corrected chi connectivity index (χ1v) is 8.87. The third-order valence-corrected chi connectivity index (χ3v) is 5.41. The number of rotatable bonds is 1. The Morgan fingerprint density at radius 1 is 1.32 bits per heavy atom. The highest BCUT2D eigenvalue weighted by atomic mass is 35.5. The number of carbonyl (C=O) groups excluding carboxylic acids is 1. The largest absolute Gasteiger partial charge is 0.465 e. The molecule has 1 aromatic carbocycles. The lowest BCUT2D eigenvalue weighted by molar-refractivity contribution is -0.125. The summed E-state index contributed by atoms with van der Waals surface area (Å²) in [5.74, 6) is -0.0301. The molecule has 2 heterocycles. The van der Waals surface area contributed by atoms with Crippen molar-refractivity contribution >= 4 is 29.3 Å². The number of piperidine rings is 1. The first kappa shape index (κ1) is 17.9. The van der Waals surface area contributed by atoms with Gasteiger partial charge in [0.1, 0.15) is 11.7 Å². The summed E-state index contributed by atoms with van der Waals surface area (Å²) < 4.78 is 0. The summed E-state index contributed by atoms with van der Waals surface area (Å²) in [6.45, 7) is 6.94. The molecule has 0 aliphatic carbocycles. The van der Waals surface area contributed by atoms with E-state index in [9.17, 15) is 14.7 Å². The van der Waals surface area contributed by atoms with E-state index in [2.05, 4.69) is 31.0 Å². The maximum absolute atomic E-state index is 13.0. The van der Waals surface area contributed by atoms with Gasteiger partial charge in [-0.1, -0.05) is 38.4 Å². The number of nitrogens with one attached hydrogen (secondary N) is 1. The van der Waals surface area contributed by atoms with Gasteiger partial charge < -0.3 is 20.2 Å². The van der Waals surface area contributed by atoms with Crippen molar-refractivity contribution in [3.05, 3.63) is 29.3 Å². The Balaban J connectivity index is 2.03. The summed E-state index contributed by atoms with van der Waals surface area (Å²) in [7, 11) is 0. The van der Waals surface area contributed by atoms with E-state index in [-0.39, 0.29) is 17.5 Å². The average Bonchev–Trinajstić information content (AvgIpc) is 2.81. The standard InChI is InChI=1S/C18H24ClN3O3/c1-17(2,3)14-20-15(23)18(7-9-21(10-8-18)16(24)25)22(14)13-6-4-5-12(19)11-13/h4-6,11,14H,7-10H2,1-3H3,(H,20,23)(H,24,25). The van der Waals surface area contributed by atoms with Gasteiger partial charge in [0.2, 0.25) is 5.91 Å². The van der Waals surface area contributed by atoms with Crippen molar-refractivity contribution in [1.29, 1.82) is 0 Å². The number of nitrogens with zero attached hydrogens (tertiary/aromatic N) is 2. The second kappa shape index (κ2) is 6.09. The third-order valence-electron chi connectivity index (χ3n) is 5.18. The molecule has 3 rings (SSSR count). The minimum Gasteiger partial charge on any atom is -0.465 e. The van der Waals surface area contributed by atoms with Crippen LogP contribution in [0, 0.1) is 5.41 Å². The zero-order valence-electron chi connectivity index (χ0n) is 14.8. The van der Waals surface area contributed by atoms with E-state index < -0.39 is 11.6 Å². The summed E-state index contributed by atoms with van der Waals surface area (Å²) in [6.07, 6.45) is -0.196. The molecule has 7 heteroatoms. The van der Waals surface area contributed by atoms with Gasteiger partial charge in [0.05, 0.1) is 0 Å². The van der Waals surface area contributed by atoms with E-state index in [4.69, 9.17) is 11.6 Å². The monoisotopic (exact) mass is 365 g/mol. The van der Waals surface area contributed by atoms with Gasteiger partial charge in [-0.25, -0.2) is 4.79 Å². The number of likely N-dealkylation sites (tertiary alicyclic amines) is 1. The minimum absolute atomic E-state index is 0.0301. The van der Waals surface area contributed by atoms with Gasteiger partial charge in [-0.2, -0.15) is 0 Å². The van der Waals surface area contributed by atoms with Crippen molar-refractivity contribution in [2.45, 2.75) is 45.3 Å². The SMILES string of the molecule is CC(C)(C)C1NC(=O)C2(CCN(C(=O)O)CC2)N1c1cccc(Cl)c1. The van der Waals surface area contributed by atoms with Crippen LogP contribution in [-0.4, -0.2) is 46.8 Å². The number of hydrogen-bond acceptors (Lipinski definition) is 3. The molecule has 2 fully saturated rings. The quantitative estimate of drug-likeness (QED) is 0.801. The molecule has 2 amide bonds. The molecule has 6 nitrogen and oxygen atoms in total. The molecule has 25 heavy (non-hydrogen) atoms. The Kier molecular flexibility index (Phi) is 4.35. The predicted molar refractivity (Wildman–Crippen MR) is 96.9 cm³/mol. The number of carboxylic acid groups (broad SMARTS) is 1. The summed E-state index contributed by atoms with van der Waals surface area (Å²) >= 11 is 6.20. The van der Waals surface area contributed by atoms with E-state index in [1.54, 1.807) is 0 Å². The fourth-order valence-electron chi connectivity index (χ4n) is 3.84. The molecule has 2 N–H and O–H groups in total. The molecule has 0 aromatic heterocycles. The van der Waals surface area contributed by atoms with Gasteiger partial charge in [-0.3, -0.25) is 4.79 Å². The van der Waals surface area contributed by atoms with Gasteiger partial charge in [0.25, 0.3) is 0 Å². The highest BCUT2D eigenvalue weighted by Crippen LogP contribution is 2.43. The lowest BCUT2D eigenvalue weighted by Crippen LogP contribution is -2.59. The molecule has 2 aliphatic rings. The fraction of sp³-hybridized carbons (Fsp3) is 0.556. The average molecular weight is 366 g/mol. The highest BCUT2D eigenvalue weighted by molar-refractivity contribution is 6.30. The number of halogens is 1. The van der Waals surface area contributed by atoms with Crippen LogP contribution >= 0.6 is 11.6 Å². The molecule has 1 aromatic rings. The van der Waals surface area contributed by atoms with Crippen molar-refractivity contribution in [1.82, 2.24) is 10.2 Å². The molecule has 2 aliphatic heterocycles. The molecule has 0 saturated carbocycles. The Labute approximate surface area is 152 Å². The van der Waals surface area contributed by atoms with E-state index in [0.29, 0.717) is 31.0 Å². The van der Waals surface area contributed by atoms with Gasteiger partial charge in [-0.15, -0.1) is 0 Å². The Morgan fingerprint density at radius 3 is 2.48 bits per heavy atom. The lowest BCUT2D eigenvalue weighted by atomic mass is 9.84. The molecule has 1 unspecified atom stereocenters. The van der Waals surface area contributed by atoms with Crippen molar-refractivity contribution in [2.24, 2.45) is 5.41 Å². The van der Waals surface area contributed by atoms with Crippen LogP contribution in [-0.2, 0) is 4.79 Å². The fourth-order valence-corrected chi connectivity index (χ4v) is 4.03. The summed E-state index contributed by atoms with van der Waals surface area (Å²) in [5.41, 5.74) is -0.0467. The first-order valence-electron chi connectivity index (χ1n) is 8.49. The van der Waals surface area contributed by atoms with Crippen molar-refractivity contribution < 1.29 is 14.7 Å². The van der Waals surface area contributed by atoms with Crippen LogP contribution in [0.2, 0.25) is 5.02 Å². The van der Waals surface area contributed by atoms with Crippen LogP contribution < -0.4 is 10.2 Å². The zero-order chi connectivity index (χ0) is 18.4. The topological polar surface area (TPSA) is 72.9 Å². The molecule has 2 saturated heterocycles. The third kappa shape index (κ3) is 3.03. The maximum atomic E-state index is 13.0. The molecule has 1 spiro atoms.